The average molecular weight is 414 g/mol. The number of hydrogen-bond donors (Lipinski definition) is 1. The van der Waals surface area contributed by atoms with Gasteiger partial charge in [-0.25, -0.2) is 9.97 Å². The molecule has 0 bridgehead atoms. The van der Waals surface area contributed by atoms with E-state index in [0.717, 1.165) is 11.9 Å². The number of amides is 2. The van der Waals surface area contributed by atoms with Crippen molar-refractivity contribution in [1.82, 2.24) is 19.4 Å². The van der Waals surface area contributed by atoms with Crippen molar-refractivity contribution in [2.24, 2.45) is 0 Å². The van der Waals surface area contributed by atoms with Gasteiger partial charge in [-0.2, -0.15) is 0 Å². The van der Waals surface area contributed by atoms with E-state index in [-0.39, 0.29) is 18.4 Å². The van der Waals surface area contributed by atoms with Crippen LogP contribution in [-0.2, 0) is 16.1 Å². The molecular formula is C20H20ClN5O3. The topological polar surface area (TPSA) is 89.4 Å². The highest BCUT2D eigenvalue weighted by molar-refractivity contribution is 6.30. The van der Waals surface area contributed by atoms with E-state index >= 15 is 0 Å². The van der Waals surface area contributed by atoms with Gasteiger partial charge in [0.05, 0.1) is 29.0 Å². The molecule has 0 atom stereocenters. The van der Waals surface area contributed by atoms with Crippen LogP contribution in [0.15, 0.2) is 42.9 Å². The number of nitrogens with one attached hydrogen (secondary N) is 1. The fourth-order valence-electron chi connectivity index (χ4n) is 3.29. The van der Waals surface area contributed by atoms with Gasteiger partial charge < -0.3 is 19.5 Å². The maximum absolute atomic E-state index is 13.0. The first-order valence-corrected chi connectivity index (χ1v) is 9.72. The van der Waals surface area contributed by atoms with Crippen LogP contribution in [0.2, 0.25) is 5.02 Å². The molecule has 9 heteroatoms. The molecule has 3 aromatic rings. The van der Waals surface area contributed by atoms with Crippen LogP contribution in [0, 0.1) is 0 Å². The maximum atomic E-state index is 13.0. The molecule has 0 spiro atoms. The largest absolute Gasteiger partial charge is 0.380 e. The Morgan fingerprint density at radius 1 is 1.14 bits per heavy atom. The van der Waals surface area contributed by atoms with Crippen LogP contribution in [-0.4, -0.2) is 57.6 Å². The van der Waals surface area contributed by atoms with Gasteiger partial charge in [0.15, 0.2) is 0 Å². The van der Waals surface area contributed by atoms with Crippen LogP contribution in [0.3, 0.4) is 0 Å². The molecule has 2 aromatic heterocycles. The predicted molar refractivity (Wildman–Crippen MR) is 109 cm³/mol. The van der Waals surface area contributed by atoms with Gasteiger partial charge >= 0.3 is 0 Å². The second-order valence-electron chi connectivity index (χ2n) is 6.71. The minimum atomic E-state index is -0.250. The van der Waals surface area contributed by atoms with Crippen molar-refractivity contribution >= 4 is 40.3 Å². The number of carbonyl (C=O) groups is 2. The van der Waals surface area contributed by atoms with Crippen molar-refractivity contribution < 1.29 is 14.3 Å². The standard InChI is InChI=1S/C20H20ClN5O3/c21-14-5-6-17(22-11-14)24-18(27)12-26-13-23-19-15(3-1-4-16(19)26)20(28)25-7-2-9-29-10-8-25/h1,3-6,11,13H,2,7-10,12H2,(H,22,24,27). The molecule has 3 heterocycles. The first kappa shape index (κ1) is 19.4. The summed E-state index contributed by atoms with van der Waals surface area (Å²) >= 11 is 5.81. The molecule has 1 aromatic carbocycles. The number of benzene rings is 1. The van der Waals surface area contributed by atoms with Gasteiger partial charge in [0.2, 0.25) is 5.91 Å². The summed E-state index contributed by atoms with van der Waals surface area (Å²) in [6.45, 7) is 2.48. The number of halogens is 1. The SMILES string of the molecule is O=C(Cn1cnc2c(C(=O)N3CCCOCC3)cccc21)Nc1ccc(Cl)cn1. The third-order valence-corrected chi connectivity index (χ3v) is 4.92. The number of aromatic nitrogens is 3. The normalized spacial score (nSPS) is 14.6. The number of hydrogen-bond acceptors (Lipinski definition) is 5. The summed E-state index contributed by atoms with van der Waals surface area (Å²) in [5, 5.41) is 3.22. The monoisotopic (exact) mass is 413 g/mol. The summed E-state index contributed by atoms with van der Waals surface area (Å²) in [5.74, 6) is 0.102. The number of nitrogens with zero attached hydrogens (tertiary/aromatic N) is 4. The van der Waals surface area contributed by atoms with Crippen LogP contribution >= 0.6 is 11.6 Å². The van der Waals surface area contributed by atoms with Gasteiger partial charge in [0.25, 0.3) is 5.91 Å². The van der Waals surface area contributed by atoms with Crippen LogP contribution in [0.1, 0.15) is 16.8 Å². The Hall–Kier alpha value is -2.97. The lowest BCUT2D eigenvalue weighted by Gasteiger charge is -2.19. The highest BCUT2D eigenvalue weighted by Gasteiger charge is 2.21. The first-order valence-electron chi connectivity index (χ1n) is 9.34. The van der Waals surface area contributed by atoms with E-state index in [0.29, 0.717) is 48.2 Å². The zero-order chi connectivity index (χ0) is 20.2. The molecule has 0 radical (unpaired) electrons. The van der Waals surface area contributed by atoms with E-state index in [1.54, 1.807) is 40.1 Å². The van der Waals surface area contributed by atoms with Gasteiger partial charge in [0.1, 0.15) is 17.9 Å². The molecule has 29 heavy (non-hydrogen) atoms. The minimum absolute atomic E-state index is 0.0516. The van der Waals surface area contributed by atoms with E-state index in [4.69, 9.17) is 16.3 Å². The molecule has 1 fully saturated rings. The lowest BCUT2D eigenvalue weighted by molar-refractivity contribution is -0.116. The lowest BCUT2D eigenvalue weighted by Crippen LogP contribution is -2.33. The molecule has 0 unspecified atom stereocenters. The highest BCUT2D eigenvalue weighted by atomic mass is 35.5. The third kappa shape index (κ3) is 4.38. The Labute approximate surface area is 172 Å². The molecule has 0 saturated carbocycles. The Morgan fingerprint density at radius 3 is 2.86 bits per heavy atom. The fourth-order valence-corrected chi connectivity index (χ4v) is 3.41. The van der Waals surface area contributed by atoms with Crippen molar-refractivity contribution in [2.75, 3.05) is 31.6 Å². The lowest BCUT2D eigenvalue weighted by atomic mass is 10.1. The molecule has 2 amide bonds. The zero-order valence-corrected chi connectivity index (χ0v) is 16.4. The van der Waals surface area contributed by atoms with E-state index < -0.39 is 0 Å². The summed E-state index contributed by atoms with van der Waals surface area (Å²) in [5.41, 5.74) is 1.84. The Morgan fingerprint density at radius 2 is 2.03 bits per heavy atom. The molecule has 4 rings (SSSR count). The van der Waals surface area contributed by atoms with Crippen LogP contribution < -0.4 is 5.32 Å². The summed E-state index contributed by atoms with van der Waals surface area (Å²) in [6, 6.07) is 8.71. The second-order valence-corrected chi connectivity index (χ2v) is 7.15. The van der Waals surface area contributed by atoms with Crippen molar-refractivity contribution in [3.63, 3.8) is 0 Å². The number of rotatable bonds is 4. The third-order valence-electron chi connectivity index (χ3n) is 4.70. The van der Waals surface area contributed by atoms with Crippen molar-refractivity contribution in [2.45, 2.75) is 13.0 Å². The van der Waals surface area contributed by atoms with Crippen molar-refractivity contribution in [3.8, 4) is 0 Å². The molecule has 1 saturated heterocycles. The molecule has 1 aliphatic heterocycles. The Kier molecular flexibility index (Phi) is 5.73. The smallest absolute Gasteiger partial charge is 0.256 e. The van der Waals surface area contributed by atoms with Crippen molar-refractivity contribution in [1.29, 1.82) is 0 Å². The highest BCUT2D eigenvalue weighted by Crippen LogP contribution is 2.20. The maximum Gasteiger partial charge on any atom is 0.256 e. The molecule has 8 nitrogen and oxygen atoms in total. The molecule has 150 valence electrons. The number of ether oxygens (including phenoxy) is 1. The van der Waals surface area contributed by atoms with Gasteiger partial charge in [-0.1, -0.05) is 17.7 Å². The minimum Gasteiger partial charge on any atom is -0.380 e. The van der Waals surface area contributed by atoms with Crippen LogP contribution in [0.4, 0.5) is 5.82 Å². The zero-order valence-electron chi connectivity index (χ0n) is 15.7. The molecule has 0 aliphatic carbocycles. The first-order chi connectivity index (χ1) is 14.1. The fraction of sp³-hybridized carbons (Fsp3) is 0.300. The number of fused-ring (bicyclic) bond motifs is 1. The van der Waals surface area contributed by atoms with Gasteiger partial charge in [0, 0.05) is 25.9 Å². The van der Waals surface area contributed by atoms with E-state index in [9.17, 15) is 9.59 Å². The predicted octanol–water partition coefficient (Wildman–Crippen LogP) is 2.59. The number of para-hydroxylation sites is 1. The average Bonchev–Trinajstić information content (AvgIpc) is 2.94. The summed E-state index contributed by atoms with van der Waals surface area (Å²) < 4.78 is 7.14. The molecule has 1 aliphatic rings. The Bertz CT molecular complexity index is 1030. The van der Waals surface area contributed by atoms with Crippen molar-refractivity contribution in [3.05, 3.63) is 53.4 Å². The summed E-state index contributed by atoms with van der Waals surface area (Å²) in [6.07, 6.45) is 3.85. The number of anilines is 1. The van der Waals surface area contributed by atoms with Gasteiger partial charge in [-0.05, 0) is 30.7 Å². The van der Waals surface area contributed by atoms with Gasteiger partial charge in [-0.3, -0.25) is 9.59 Å². The van der Waals surface area contributed by atoms with E-state index in [2.05, 4.69) is 15.3 Å². The number of pyridine rings is 1. The number of carbonyl (C=O) groups excluding carboxylic acids is 2. The van der Waals surface area contributed by atoms with Gasteiger partial charge in [-0.15, -0.1) is 0 Å². The summed E-state index contributed by atoms with van der Waals surface area (Å²) in [4.78, 5) is 35.6. The van der Waals surface area contributed by atoms with Crippen LogP contribution in [0.5, 0.6) is 0 Å². The number of imidazole rings is 1. The summed E-state index contributed by atoms with van der Waals surface area (Å²) in [7, 11) is 0. The van der Waals surface area contributed by atoms with E-state index in [1.807, 2.05) is 6.07 Å². The molecular weight excluding hydrogens is 394 g/mol. The quantitative estimate of drug-likeness (QED) is 0.710. The van der Waals surface area contributed by atoms with Crippen LogP contribution in [0.25, 0.3) is 11.0 Å². The second kappa shape index (κ2) is 8.59. The van der Waals surface area contributed by atoms with E-state index in [1.165, 1.54) is 6.20 Å². The Balaban J connectivity index is 1.53. The molecule has 1 N–H and O–H groups in total.